The standard InChI is InChI=1S/C6H7BrN2S/c1-2-10-6-4-8-5(7)3-9-6/h3-4H,2H2,1H3. The van der Waals surface area contributed by atoms with Gasteiger partial charge in [-0.15, -0.1) is 11.8 Å². The van der Waals surface area contributed by atoms with Crippen molar-refractivity contribution >= 4 is 27.7 Å². The Morgan fingerprint density at radius 2 is 2.30 bits per heavy atom. The second-order valence-corrected chi connectivity index (χ2v) is 3.71. The van der Waals surface area contributed by atoms with Crippen molar-refractivity contribution in [3.05, 3.63) is 17.0 Å². The summed E-state index contributed by atoms with van der Waals surface area (Å²) in [4.78, 5) is 8.15. The van der Waals surface area contributed by atoms with Crippen molar-refractivity contribution in [2.75, 3.05) is 5.75 Å². The zero-order valence-corrected chi connectivity index (χ0v) is 7.94. The van der Waals surface area contributed by atoms with Crippen molar-refractivity contribution in [3.63, 3.8) is 0 Å². The molecule has 0 aliphatic heterocycles. The minimum absolute atomic E-state index is 0.785. The van der Waals surface area contributed by atoms with Crippen LogP contribution in [0.3, 0.4) is 0 Å². The minimum atomic E-state index is 0.785. The van der Waals surface area contributed by atoms with Gasteiger partial charge in [0.05, 0.1) is 12.4 Å². The molecule has 0 aromatic carbocycles. The summed E-state index contributed by atoms with van der Waals surface area (Å²) in [5.41, 5.74) is 0. The Labute approximate surface area is 72.6 Å². The van der Waals surface area contributed by atoms with Crippen LogP contribution in [0.25, 0.3) is 0 Å². The number of rotatable bonds is 2. The Morgan fingerprint density at radius 1 is 1.50 bits per heavy atom. The second kappa shape index (κ2) is 3.93. The van der Waals surface area contributed by atoms with E-state index in [9.17, 15) is 0 Å². The first-order valence-corrected chi connectivity index (χ1v) is 4.71. The van der Waals surface area contributed by atoms with Gasteiger partial charge in [-0.3, -0.25) is 0 Å². The number of nitrogens with zero attached hydrogens (tertiary/aromatic N) is 2. The van der Waals surface area contributed by atoms with E-state index in [0.717, 1.165) is 15.4 Å². The Kier molecular flexibility index (Phi) is 3.15. The van der Waals surface area contributed by atoms with Crippen molar-refractivity contribution in [3.8, 4) is 0 Å². The maximum absolute atomic E-state index is 4.12. The number of halogens is 1. The van der Waals surface area contributed by atoms with Crippen molar-refractivity contribution in [1.29, 1.82) is 0 Å². The predicted molar refractivity (Wildman–Crippen MR) is 46.1 cm³/mol. The molecule has 1 heterocycles. The fraction of sp³-hybridized carbons (Fsp3) is 0.333. The maximum Gasteiger partial charge on any atom is 0.124 e. The first kappa shape index (κ1) is 8.01. The molecule has 1 aromatic rings. The van der Waals surface area contributed by atoms with Crippen LogP contribution >= 0.6 is 27.7 Å². The van der Waals surface area contributed by atoms with Crippen LogP contribution in [0.5, 0.6) is 0 Å². The van der Waals surface area contributed by atoms with E-state index in [1.807, 2.05) is 0 Å². The second-order valence-electron chi connectivity index (χ2n) is 1.61. The summed E-state index contributed by atoms with van der Waals surface area (Å²) >= 11 is 4.90. The third kappa shape index (κ3) is 2.27. The highest BCUT2D eigenvalue weighted by atomic mass is 79.9. The Morgan fingerprint density at radius 3 is 2.80 bits per heavy atom. The fourth-order valence-corrected chi connectivity index (χ4v) is 1.28. The molecular weight excluding hydrogens is 212 g/mol. The largest absolute Gasteiger partial charge is 0.245 e. The van der Waals surface area contributed by atoms with Gasteiger partial charge in [-0.25, -0.2) is 9.97 Å². The molecule has 0 radical (unpaired) electrons. The molecule has 0 N–H and O–H groups in total. The number of aromatic nitrogens is 2. The van der Waals surface area contributed by atoms with Crippen LogP contribution in [0.4, 0.5) is 0 Å². The Hall–Kier alpha value is -0.0900. The molecule has 1 rings (SSSR count). The number of thioether (sulfide) groups is 1. The van der Waals surface area contributed by atoms with E-state index in [1.165, 1.54) is 0 Å². The van der Waals surface area contributed by atoms with Gasteiger partial charge < -0.3 is 0 Å². The lowest BCUT2D eigenvalue weighted by Crippen LogP contribution is -1.82. The van der Waals surface area contributed by atoms with Crippen LogP contribution in [0.2, 0.25) is 0 Å². The van der Waals surface area contributed by atoms with E-state index in [1.54, 1.807) is 24.2 Å². The van der Waals surface area contributed by atoms with E-state index in [4.69, 9.17) is 0 Å². The van der Waals surface area contributed by atoms with Gasteiger partial charge in [0, 0.05) is 0 Å². The monoisotopic (exact) mass is 218 g/mol. The summed E-state index contributed by atoms with van der Waals surface area (Å²) in [5, 5.41) is 0.978. The molecule has 54 valence electrons. The average molecular weight is 219 g/mol. The van der Waals surface area contributed by atoms with Crippen LogP contribution in [0.15, 0.2) is 22.0 Å². The van der Waals surface area contributed by atoms with Gasteiger partial charge in [0.25, 0.3) is 0 Å². The van der Waals surface area contributed by atoms with E-state index in [0.29, 0.717) is 0 Å². The summed E-state index contributed by atoms with van der Waals surface area (Å²) in [5.74, 6) is 1.04. The zero-order valence-electron chi connectivity index (χ0n) is 5.54. The molecule has 0 aliphatic carbocycles. The molecule has 0 fully saturated rings. The van der Waals surface area contributed by atoms with Crippen LogP contribution in [0, 0.1) is 0 Å². The molecule has 0 unspecified atom stereocenters. The molecule has 1 aromatic heterocycles. The van der Waals surface area contributed by atoms with E-state index >= 15 is 0 Å². The van der Waals surface area contributed by atoms with Gasteiger partial charge >= 0.3 is 0 Å². The van der Waals surface area contributed by atoms with Crippen molar-refractivity contribution < 1.29 is 0 Å². The molecule has 0 amide bonds. The van der Waals surface area contributed by atoms with Crippen LogP contribution in [-0.4, -0.2) is 15.7 Å². The van der Waals surface area contributed by atoms with Crippen molar-refractivity contribution in [2.24, 2.45) is 0 Å². The molecule has 0 aliphatic rings. The highest BCUT2D eigenvalue weighted by Gasteiger charge is 1.92. The quantitative estimate of drug-likeness (QED) is 0.714. The van der Waals surface area contributed by atoms with Crippen LogP contribution in [-0.2, 0) is 0 Å². The van der Waals surface area contributed by atoms with Gasteiger partial charge in [0.15, 0.2) is 0 Å². The molecule has 0 spiro atoms. The summed E-state index contributed by atoms with van der Waals surface area (Å²) in [6, 6.07) is 0. The first-order chi connectivity index (χ1) is 4.83. The third-order valence-corrected chi connectivity index (χ3v) is 2.09. The smallest absolute Gasteiger partial charge is 0.124 e. The van der Waals surface area contributed by atoms with Gasteiger partial charge in [0.2, 0.25) is 0 Å². The van der Waals surface area contributed by atoms with E-state index in [-0.39, 0.29) is 0 Å². The summed E-state index contributed by atoms with van der Waals surface area (Å²) in [7, 11) is 0. The first-order valence-electron chi connectivity index (χ1n) is 2.93. The van der Waals surface area contributed by atoms with Crippen molar-refractivity contribution in [2.45, 2.75) is 11.9 Å². The molecular formula is C6H7BrN2S. The Bertz CT molecular complexity index is 199. The zero-order chi connectivity index (χ0) is 7.40. The van der Waals surface area contributed by atoms with Gasteiger partial charge in [-0.2, -0.15) is 0 Å². The highest BCUT2D eigenvalue weighted by Crippen LogP contribution is 2.13. The fourth-order valence-electron chi connectivity index (χ4n) is 0.523. The van der Waals surface area contributed by atoms with Gasteiger partial charge in [-0.05, 0) is 21.7 Å². The maximum atomic E-state index is 4.12. The Balaban J connectivity index is 2.69. The van der Waals surface area contributed by atoms with Crippen molar-refractivity contribution in [1.82, 2.24) is 9.97 Å². The van der Waals surface area contributed by atoms with Gasteiger partial charge in [-0.1, -0.05) is 6.92 Å². The molecule has 0 saturated heterocycles. The molecule has 2 nitrogen and oxygen atoms in total. The van der Waals surface area contributed by atoms with Crippen LogP contribution < -0.4 is 0 Å². The summed E-state index contributed by atoms with van der Waals surface area (Å²) in [6.07, 6.45) is 3.47. The van der Waals surface area contributed by atoms with E-state index < -0.39 is 0 Å². The molecule has 0 saturated carbocycles. The summed E-state index contributed by atoms with van der Waals surface area (Å²) < 4.78 is 0.785. The van der Waals surface area contributed by atoms with E-state index in [2.05, 4.69) is 32.8 Å². The normalized spacial score (nSPS) is 9.80. The predicted octanol–water partition coefficient (Wildman–Crippen LogP) is 2.35. The SMILES string of the molecule is CCSc1cnc(Br)cn1. The third-order valence-electron chi connectivity index (χ3n) is 0.889. The summed E-state index contributed by atoms with van der Waals surface area (Å²) in [6.45, 7) is 2.09. The lowest BCUT2D eigenvalue weighted by Gasteiger charge is -1.94. The number of hydrogen-bond acceptors (Lipinski definition) is 3. The minimum Gasteiger partial charge on any atom is -0.245 e. The topological polar surface area (TPSA) is 25.8 Å². The number of hydrogen-bond donors (Lipinski definition) is 0. The average Bonchev–Trinajstić information content (AvgIpc) is 1.95. The highest BCUT2D eigenvalue weighted by molar-refractivity contribution is 9.10. The lowest BCUT2D eigenvalue weighted by atomic mass is 10.8. The lowest BCUT2D eigenvalue weighted by molar-refractivity contribution is 1.03. The molecule has 4 heteroatoms. The molecule has 10 heavy (non-hydrogen) atoms. The molecule has 0 atom stereocenters. The molecule has 0 bridgehead atoms. The van der Waals surface area contributed by atoms with Crippen LogP contribution in [0.1, 0.15) is 6.92 Å². The van der Waals surface area contributed by atoms with Gasteiger partial charge in [0.1, 0.15) is 9.63 Å².